The normalized spacial score (nSPS) is 10.8. The maximum Gasteiger partial charge on any atom is 0.200 e. The Morgan fingerprint density at radius 3 is 2.43 bits per heavy atom. The van der Waals surface area contributed by atoms with Crippen LogP contribution in [0.25, 0.3) is 10.9 Å². The number of benzene rings is 2. The van der Waals surface area contributed by atoms with Crippen molar-refractivity contribution in [3.8, 4) is 5.75 Å². The molecule has 0 N–H and O–H groups in total. The van der Waals surface area contributed by atoms with Gasteiger partial charge in [0.1, 0.15) is 5.75 Å². The minimum absolute atomic E-state index is 0.151. The molecule has 4 aromatic rings. The highest BCUT2D eigenvalue weighted by Crippen LogP contribution is 2.18. The monoisotopic (exact) mass is 370 g/mol. The molecule has 0 spiro atoms. The van der Waals surface area contributed by atoms with Crippen LogP contribution in [0.4, 0.5) is 0 Å². The van der Waals surface area contributed by atoms with Gasteiger partial charge in [-0.05, 0) is 54.1 Å². The van der Waals surface area contributed by atoms with Crippen LogP contribution in [0.15, 0.2) is 84.0 Å². The topological polar surface area (TPSA) is 61.2 Å². The zero-order valence-electron chi connectivity index (χ0n) is 15.3. The molecular formula is C23H18N2O3. The zero-order chi connectivity index (χ0) is 19.5. The lowest BCUT2D eigenvalue weighted by Crippen LogP contribution is -2.20. The van der Waals surface area contributed by atoms with Crippen molar-refractivity contribution in [2.45, 2.75) is 6.54 Å². The van der Waals surface area contributed by atoms with Crippen molar-refractivity contribution in [2.24, 2.45) is 0 Å². The number of para-hydroxylation sites is 1. The van der Waals surface area contributed by atoms with Crippen molar-refractivity contribution in [2.75, 3.05) is 7.11 Å². The molecule has 0 aliphatic rings. The van der Waals surface area contributed by atoms with Crippen molar-refractivity contribution < 1.29 is 9.53 Å². The number of hydrogen-bond acceptors (Lipinski definition) is 4. The number of ketones is 1. The summed E-state index contributed by atoms with van der Waals surface area (Å²) in [6.45, 7) is 0.534. The fraction of sp³-hybridized carbons (Fsp3) is 0.0870. The van der Waals surface area contributed by atoms with Gasteiger partial charge < -0.3 is 9.30 Å². The maximum absolute atomic E-state index is 13.1. The summed E-state index contributed by atoms with van der Waals surface area (Å²) >= 11 is 0. The molecule has 0 unspecified atom stereocenters. The standard InChI is InChI=1S/C23H18N2O3/c1-28-18-8-6-17(7-9-18)22(26)20-15-25(14-16-10-12-24-13-11-16)21-5-3-2-4-19(21)23(20)27/h2-13,15H,14H2,1H3. The van der Waals surface area contributed by atoms with Crippen molar-refractivity contribution in [3.63, 3.8) is 0 Å². The second-order valence-corrected chi connectivity index (χ2v) is 6.43. The summed E-state index contributed by atoms with van der Waals surface area (Å²) in [6.07, 6.45) is 5.10. The van der Waals surface area contributed by atoms with Crippen molar-refractivity contribution in [1.29, 1.82) is 0 Å². The molecule has 0 aliphatic carbocycles. The van der Waals surface area contributed by atoms with Crippen LogP contribution in [-0.4, -0.2) is 22.4 Å². The zero-order valence-corrected chi connectivity index (χ0v) is 15.3. The Kier molecular flexibility index (Phi) is 4.72. The summed E-state index contributed by atoms with van der Waals surface area (Å²) in [6, 6.07) is 17.9. The molecule has 0 bridgehead atoms. The Hall–Kier alpha value is -3.73. The largest absolute Gasteiger partial charge is 0.497 e. The molecule has 0 saturated heterocycles. The SMILES string of the molecule is COc1ccc(C(=O)c2cn(Cc3ccncc3)c3ccccc3c2=O)cc1. The Morgan fingerprint density at radius 1 is 1.00 bits per heavy atom. The second kappa shape index (κ2) is 7.48. The van der Waals surface area contributed by atoms with Gasteiger partial charge in [-0.3, -0.25) is 14.6 Å². The van der Waals surface area contributed by atoms with E-state index in [9.17, 15) is 9.59 Å². The number of nitrogens with zero attached hydrogens (tertiary/aromatic N) is 2. The van der Waals surface area contributed by atoms with E-state index in [0.29, 0.717) is 23.2 Å². The van der Waals surface area contributed by atoms with Crippen molar-refractivity contribution >= 4 is 16.7 Å². The molecule has 0 aliphatic heterocycles. The predicted molar refractivity (Wildman–Crippen MR) is 108 cm³/mol. The molecule has 2 heterocycles. The lowest BCUT2D eigenvalue weighted by molar-refractivity contribution is 0.103. The van der Waals surface area contributed by atoms with Gasteiger partial charge in [0.05, 0.1) is 18.2 Å². The third kappa shape index (κ3) is 3.30. The van der Waals surface area contributed by atoms with Crippen LogP contribution in [0.3, 0.4) is 0 Å². The number of methoxy groups -OCH3 is 1. The first-order valence-corrected chi connectivity index (χ1v) is 8.87. The van der Waals surface area contributed by atoms with E-state index in [-0.39, 0.29) is 16.8 Å². The number of rotatable bonds is 5. The summed E-state index contributed by atoms with van der Waals surface area (Å²) < 4.78 is 7.07. The lowest BCUT2D eigenvalue weighted by atomic mass is 10.0. The number of carbonyl (C=O) groups excluding carboxylic acids is 1. The van der Waals surface area contributed by atoms with Crippen LogP contribution in [0.2, 0.25) is 0 Å². The number of aromatic nitrogens is 2. The lowest BCUT2D eigenvalue weighted by Gasteiger charge is -2.13. The van der Waals surface area contributed by atoms with Gasteiger partial charge in [-0.2, -0.15) is 0 Å². The van der Waals surface area contributed by atoms with E-state index in [4.69, 9.17) is 4.74 Å². The number of pyridine rings is 2. The van der Waals surface area contributed by atoms with Crippen LogP contribution in [0.5, 0.6) is 5.75 Å². The molecule has 138 valence electrons. The van der Waals surface area contributed by atoms with Crippen LogP contribution in [-0.2, 0) is 6.54 Å². The molecule has 5 heteroatoms. The molecule has 5 nitrogen and oxygen atoms in total. The van der Waals surface area contributed by atoms with Gasteiger partial charge in [0.2, 0.25) is 5.43 Å². The minimum Gasteiger partial charge on any atom is -0.497 e. The highest BCUT2D eigenvalue weighted by atomic mass is 16.5. The van der Waals surface area contributed by atoms with Crippen LogP contribution < -0.4 is 10.2 Å². The van der Waals surface area contributed by atoms with E-state index in [2.05, 4.69) is 4.98 Å². The first-order chi connectivity index (χ1) is 13.7. The highest BCUT2D eigenvalue weighted by Gasteiger charge is 2.17. The summed E-state index contributed by atoms with van der Waals surface area (Å²) in [5.41, 5.74) is 2.16. The van der Waals surface area contributed by atoms with Crippen molar-refractivity contribution in [1.82, 2.24) is 9.55 Å². The summed E-state index contributed by atoms with van der Waals surface area (Å²) in [5.74, 6) is 0.354. The van der Waals surface area contributed by atoms with E-state index >= 15 is 0 Å². The Balaban J connectivity index is 1.85. The predicted octanol–water partition coefficient (Wildman–Crippen LogP) is 3.68. The first kappa shape index (κ1) is 17.7. The Labute approximate surface area is 161 Å². The average molecular weight is 370 g/mol. The van der Waals surface area contributed by atoms with E-state index < -0.39 is 0 Å². The van der Waals surface area contributed by atoms with E-state index in [1.165, 1.54) is 0 Å². The Morgan fingerprint density at radius 2 is 1.71 bits per heavy atom. The highest BCUT2D eigenvalue weighted by molar-refractivity contribution is 6.10. The van der Waals surface area contributed by atoms with Gasteiger partial charge in [0, 0.05) is 36.1 Å². The molecule has 0 amide bonds. The molecule has 0 fully saturated rings. The average Bonchev–Trinajstić information content (AvgIpc) is 2.76. The molecule has 0 atom stereocenters. The fourth-order valence-electron chi connectivity index (χ4n) is 3.22. The molecule has 0 radical (unpaired) electrons. The Bertz CT molecular complexity index is 1200. The van der Waals surface area contributed by atoms with E-state index in [0.717, 1.165) is 11.1 Å². The smallest absolute Gasteiger partial charge is 0.200 e. The third-order valence-corrected chi connectivity index (χ3v) is 4.69. The quantitative estimate of drug-likeness (QED) is 0.503. The van der Waals surface area contributed by atoms with Gasteiger partial charge in [-0.25, -0.2) is 0 Å². The summed E-state index contributed by atoms with van der Waals surface area (Å²) in [5, 5.41) is 0.524. The molecule has 4 rings (SSSR count). The van der Waals surface area contributed by atoms with E-state index in [1.807, 2.05) is 34.9 Å². The van der Waals surface area contributed by atoms with Gasteiger partial charge >= 0.3 is 0 Å². The molecule has 0 saturated carbocycles. The van der Waals surface area contributed by atoms with Crippen molar-refractivity contribution in [3.05, 3.63) is 106 Å². The first-order valence-electron chi connectivity index (χ1n) is 8.87. The van der Waals surface area contributed by atoms with Crippen LogP contribution in [0.1, 0.15) is 21.5 Å². The molecule has 28 heavy (non-hydrogen) atoms. The summed E-state index contributed by atoms with van der Waals surface area (Å²) in [4.78, 5) is 30.1. The second-order valence-electron chi connectivity index (χ2n) is 6.43. The molecular weight excluding hydrogens is 352 g/mol. The van der Waals surface area contributed by atoms with Crippen LogP contribution >= 0.6 is 0 Å². The van der Waals surface area contributed by atoms with E-state index in [1.54, 1.807) is 56.0 Å². The van der Waals surface area contributed by atoms with Crippen LogP contribution in [0, 0.1) is 0 Å². The number of fused-ring (bicyclic) bond motifs is 1. The maximum atomic E-state index is 13.1. The number of hydrogen-bond donors (Lipinski definition) is 0. The molecule has 2 aromatic carbocycles. The summed E-state index contributed by atoms with van der Waals surface area (Å²) in [7, 11) is 1.57. The minimum atomic E-state index is -0.304. The third-order valence-electron chi connectivity index (χ3n) is 4.69. The van der Waals surface area contributed by atoms with Gasteiger partial charge in [0.25, 0.3) is 0 Å². The van der Waals surface area contributed by atoms with Gasteiger partial charge in [0.15, 0.2) is 5.78 Å². The number of carbonyl (C=O) groups is 1. The number of ether oxygens (including phenoxy) is 1. The van der Waals surface area contributed by atoms with Gasteiger partial charge in [-0.1, -0.05) is 12.1 Å². The fourth-order valence-corrected chi connectivity index (χ4v) is 3.22. The molecule has 2 aromatic heterocycles. The van der Waals surface area contributed by atoms with Gasteiger partial charge in [-0.15, -0.1) is 0 Å².